The highest BCUT2D eigenvalue weighted by Crippen LogP contribution is 2.38. The van der Waals surface area contributed by atoms with Crippen LogP contribution in [0.1, 0.15) is 35.4 Å². The molecule has 0 spiro atoms. The van der Waals surface area contributed by atoms with E-state index in [0.29, 0.717) is 16.5 Å². The lowest BCUT2D eigenvalue weighted by molar-refractivity contribution is -0.120. The van der Waals surface area contributed by atoms with E-state index in [0.717, 1.165) is 52.5 Å². The number of aromatic nitrogens is 1. The molecule has 0 amide bonds. The number of para-hydroxylation sites is 1. The lowest BCUT2D eigenvalue weighted by Crippen LogP contribution is -2.21. The molecule has 0 aliphatic heterocycles. The molecular formula is C29H26Cl2N2O. The summed E-state index contributed by atoms with van der Waals surface area (Å²) in [5, 5.41) is 2.18. The summed E-state index contributed by atoms with van der Waals surface area (Å²) < 4.78 is 0. The third-order valence-electron chi connectivity index (χ3n) is 6.69. The van der Waals surface area contributed by atoms with Crippen molar-refractivity contribution >= 4 is 45.6 Å². The molecule has 0 bridgehead atoms. The van der Waals surface area contributed by atoms with E-state index in [-0.39, 0.29) is 11.7 Å². The average molecular weight is 489 g/mol. The van der Waals surface area contributed by atoms with Crippen molar-refractivity contribution in [2.45, 2.75) is 31.6 Å². The van der Waals surface area contributed by atoms with Gasteiger partial charge >= 0.3 is 0 Å². The predicted molar refractivity (Wildman–Crippen MR) is 142 cm³/mol. The van der Waals surface area contributed by atoms with Crippen molar-refractivity contribution in [1.82, 2.24) is 4.98 Å². The van der Waals surface area contributed by atoms with Crippen molar-refractivity contribution in [3.8, 4) is 11.1 Å². The van der Waals surface area contributed by atoms with Crippen LogP contribution in [0, 0.1) is 0 Å². The number of hydrogen-bond acceptors (Lipinski definition) is 3. The van der Waals surface area contributed by atoms with Crippen molar-refractivity contribution in [3.63, 3.8) is 0 Å². The van der Waals surface area contributed by atoms with Crippen LogP contribution in [-0.2, 0) is 17.6 Å². The molecule has 0 unspecified atom stereocenters. The second-order valence-electron chi connectivity index (χ2n) is 9.17. The first kappa shape index (κ1) is 22.9. The number of rotatable bonds is 5. The Kier molecular flexibility index (Phi) is 6.33. The number of Topliss-reactive ketones (excluding diaryl/α,β-unsaturated/α-hetero) is 1. The Balaban J connectivity index is 1.57. The molecule has 0 radical (unpaired) electrons. The zero-order chi connectivity index (χ0) is 23.8. The molecule has 1 aromatic heterocycles. The van der Waals surface area contributed by atoms with Crippen LogP contribution in [0.4, 0.5) is 5.69 Å². The number of ketones is 1. The van der Waals surface area contributed by atoms with E-state index in [4.69, 9.17) is 28.2 Å². The highest BCUT2D eigenvalue weighted by atomic mass is 35.5. The van der Waals surface area contributed by atoms with Crippen LogP contribution in [0.25, 0.3) is 22.0 Å². The van der Waals surface area contributed by atoms with Gasteiger partial charge in [0.05, 0.1) is 11.2 Å². The van der Waals surface area contributed by atoms with Gasteiger partial charge in [-0.05, 0) is 54.2 Å². The minimum absolute atomic E-state index is 0.0457. The Bertz CT molecular complexity index is 1380. The summed E-state index contributed by atoms with van der Waals surface area (Å²) in [4.78, 5) is 20.4. The zero-order valence-electron chi connectivity index (χ0n) is 19.3. The Morgan fingerprint density at radius 1 is 1.03 bits per heavy atom. The number of carbonyl (C=O) groups excluding carboxylic acids is 1. The summed E-state index contributed by atoms with van der Waals surface area (Å²) in [5.41, 5.74) is 7.22. The third kappa shape index (κ3) is 4.31. The molecule has 1 atom stereocenters. The van der Waals surface area contributed by atoms with E-state index in [1.54, 1.807) is 6.07 Å². The van der Waals surface area contributed by atoms with Gasteiger partial charge in [-0.3, -0.25) is 9.78 Å². The summed E-state index contributed by atoms with van der Waals surface area (Å²) in [6.07, 6.45) is 5.24. The molecule has 0 saturated heterocycles. The van der Waals surface area contributed by atoms with E-state index in [1.807, 2.05) is 50.6 Å². The maximum Gasteiger partial charge on any atom is 0.144 e. The van der Waals surface area contributed by atoms with E-state index in [9.17, 15) is 4.79 Å². The smallest absolute Gasteiger partial charge is 0.144 e. The number of aryl methyl sites for hydroxylation is 1. The fourth-order valence-electron chi connectivity index (χ4n) is 5.25. The first-order valence-electron chi connectivity index (χ1n) is 11.6. The summed E-state index contributed by atoms with van der Waals surface area (Å²) in [7, 11) is 4.03. The number of nitrogens with zero attached hydrogens (tertiary/aromatic N) is 2. The number of carbonyl (C=O) groups is 1. The molecule has 3 nitrogen and oxygen atoms in total. The van der Waals surface area contributed by atoms with Gasteiger partial charge < -0.3 is 4.90 Å². The molecule has 0 fully saturated rings. The highest BCUT2D eigenvalue weighted by molar-refractivity contribution is 6.35. The molecule has 4 aromatic rings. The first-order chi connectivity index (χ1) is 16.4. The molecule has 1 aliphatic rings. The van der Waals surface area contributed by atoms with Gasteiger partial charge in [0.2, 0.25) is 0 Å². The van der Waals surface area contributed by atoms with Gasteiger partial charge in [-0.1, -0.05) is 65.7 Å². The van der Waals surface area contributed by atoms with Crippen LogP contribution in [0.15, 0.2) is 66.9 Å². The zero-order valence-corrected chi connectivity index (χ0v) is 20.8. The van der Waals surface area contributed by atoms with E-state index < -0.39 is 0 Å². The summed E-state index contributed by atoms with van der Waals surface area (Å²) in [5.74, 6) is 0.213. The van der Waals surface area contributed by atoms with Gasteiger partial charge in [0.25, 0.3) is 0 Å². The quantitative estimate of drug-likeness (QED) is 0.291. The molecule has 5 heteroatoms. The van der Waals surface area contributed by atoms with Crippen LogP contribution < -0.4 is 4.90 Å². The van der Waals surface area contributed by atoms with E-state index >= 15 is 0 Å². The molecule has 5 rings (SSSR count). The van der Waals surface area contributed by atoms with Gasteiger partial charge in [-0.25, -0.2) is 0 Å². The minimum Gasteiger partial charge on any atom is -0.377 e. The van der Waals surface area contributed by atoms with Crippen molar-refractivity contribution in [3.05, 3.63) is 93.6 Å². The Morgan fingerprint density at radius 2 is 1.79 bits per heavy atom. The highest BCUT2D eigenvalue weighted by Gasteiger charge is 2.27. The summed E-state index contributed by atoms with van der Waals surface area (Å²) in [6.45, 7) is 0. The largest absolute Gasteiger partial charge is 0.377 e. The molecule has 34 heavy (non-hydrogen) atoms. The fraction of sp³-hybridized carbons (Fsp3) is 0.241. The molecule has 0 N–H and O–H groups in total. The van der Waals surface area contributed by atoms with Crippen molar-refractivity contribution < 1.29 is 4.79 Å². The summed E-state index contributed by atoms with van der Waals surface area (Å²) >= 11 is 12.5. The maximum absolute atomic E-state index is 13.5. The van der Waals surface area contributed by atoms with Gasteiger partial charge in [0, 0.05) is 59.2 Å². The summed E-state index contributed by atoms with van der Waals surface area (Å²) in [6, 6.07) is 20.0. The van der Waals surface area contributed by atoms with Crippen LogP contribution in [0.5, 0.6) is 0 Å². The Labute approximate surface area is 210 Å². The average Bonchev–Trinajstić information content (AvgIpc) is 2.82. The Morgan fingerprint density at radius 3 is 2.56 bits per heavy atom. The number of anilines is 1. The lowest BCUT2D eigenvalue weighted by Gasteiger charge is -2.26. The van der Waals surface area contributed by atoms with Crippen molar-refractivity contribution in [2.75, 3.05) is 19.0 Å². The normalized spacial score (nSPS) is 15.2. The topological polar surface area (TPSA) is 33.2 Å². The number of fused-ring (bicyclic) bond motifs is 2. The predicted octanol–water partition coefficient (Wildman–Crippen LogP) is 7.51. The van der Waals surface area contributed by atoms with E-state index in [1.165, 1.54) is 11.1 Å². The number of benzene rings is 3. The number of hydrogen-bond donors (Lipinski definition) is 0. The monoisotopic (exact) mass is 488 g/mol. The number of halogens is 2. The fourth-order valence-corrected chi connectivity index (χ4v) is 5.78. The standard InChI is InChI=1S/C29H26Cl2N2O/c1-33(2)29-20(15-27(34)25-11-5-8-18-7-3-4-9-23(18)25)17-32-28-24(10-6-12-26(28)29)19-13-21(30)16-22(31)14-19/h3-4,6-7,9-10,12-14,16-17,25H,5,8,11,15H2,1-2H3/t25-/m1/s1. The van der Waals surface area contributed by atoms with Crippen molar-refractivity contribution in [1.29, 1.82) is 0 Å². The van der Waals surface area contributed by atoms with Crippen LogP contribution in [0.3, 0.4) is 0 Å². The minimum atomic E-state index is -0.0457. The van der Waals surface area contributed by atoms with Gasteiger partial charge in [-0.2, -0.15) is 0 Å². The van der Waals surface area contributed by atoms with E-state index in [2.05, 4.69) is 29.2 Å². The molecule has 3 aromatic carbocycles. The van der Waals surface area contributed by atoms with Crippen molar-refractivity contribution in [2.24, 2.45) is 0 Å². The van der Waals surface area contributed by atoms with Gasteiger partial charge in [0.1, 0.15) is 5.78 Å². The number of pyridine rings is 1. The van der Waals surface area contributed by atoms with Crippen LogP contribution >= 0.6 is 23.2 Å². The molecule has 0 saturated carbocycles. The molecule has 172 valence electrons. The van der Waals surface area contributed by atoms with Gasteiger partial charge in [-0.15, -0.1) is 0 Å². The second kappa shape index (κ2) is 9.40. The first-order valence-corrected chi connectivity index (χ1v) is 12.3. The SMILES string of the molecule is CN(C)c1c(CC(=O)[C@@H]2CCCc3ccccc32)cnc2c(-c3cc(Cl)cc(Cl)c3)cccc12. The van der Waals surface area contributed by atoms with Crippen LogP contribution in [0.2, 0.25) is 10.0 Å². The van der Waals surface area contributed by atoms with Crippen LogP contribution in [-0.4, -0.2) is 24.9 Å². The molecular weight excluding hydrogens is 463 g/mol. The Hall–Kier alpha value is -2.88. The maximum atomic E-state index is 13.5. The molecule has 1 aliphatic carbocycles. The third-order valence-corrected chi connectivity index (χ3v) is 7.12. The van der Waals surface area contributed by atoms with Gasteiger partial charge in [0.15, 0.2) is 0 Å². The molecule has 1 heterocycles. The second-order valence-corrected chi connectivity index (χ2v) is 10.0. The lowest BCUT2D eigenvalue weighted by atomic mass is 9.79.